The predicted octanol–water partition coefficient (Wildman–Crippen LogP) is 1.16. The molecule has 1 heterocycles. The fourth-order valence-electron chi connectivity index (χ4n) is 1.33. The van der Waals surface area contributed by atoms with Crippen molar-refractivity contribution in [3.8, 4) is 5.88 Å². The van der Waals surface area contributed by atoms with E-state index < -0.39 is 0 Å². The quantitative estimate of drug-likeness (QED) is 0.608. The van der Waals surface area contributed by atoms with Gasteiger partial charge < -0.3 is 15.4 Å². The molecule has 94 valence electrons. The standard InChI is InChI=1S/C12H20N4O/c1-9(2)16-12(13-3)15-8-10-5-6-14-11(7-10)17-4/h5-7,9H,8H2,1-4H3,(H2,13,15,16). The monoisotopic (exact) mass is 236 g/mol. The first-order valence-electron chi connectivity index (χ1n) is 5.61. The van der Waals surface area contributed by atoms with Crippen molar-refractivity contribution in [3.05, 3.63) is 23.9 Å². The number of guanidine groups is 1. The second-order valence-electron chi connectivity index (χ2n) is 3.93. The summed E-state index contributed by atoms with van der Waals surface area (Å²) >= 11 is 0. The maximum atomic E-state index is 5.07. The van der Waals surface area contributed by atoms with E-state index in [-0.39, 0.29) is 0 Å². The summed E-state index contributed by atoms with van der Waals surface area (Å²) < 4.78 is 5.07. The van der Waals surface area contributed by atoms with Crippen molar-refractivity contribution in [1.82, 2.24) is 15.6 Å². The van der Waals surface area contributed by atoms with Crippen molar-refractivity contribution < 1.29 is 4.74 Å². The largest absolute Gasteiger partial charge is 0.481 e. The molecule has 0 saturated heterocycles. The lowest BCUT2D eigenvalue weighted by molar-refractivity contribution is 0.397. The lowest BCUT2D eigenvalue weighted by atomic mass is 10.2. The molecule has 0 fully saturated rings. The van der Waals surface area contributed by atoms with E-state index in [1.54, 1.807) is 20.4 Å². The number of hydrogen-bond acceptors (Lipinski definition) is 3. The average Bonchev–Trinajstić information content (AvgIpc) is 2.34. The number of methoxy groups -OCH3 is 1. The maximum absolute atomic E-state index is 5.07. The zero-order chi connectivity index (χ0) is 12.7. The van der Waals surface area contributed by atoms with Gasteiger partial charge in [-0.15, -0.1) is 0 Å². The first-order valence-corrected chi connectivity index (χ1v) is 5.61. The van der Waals surface area contributed by atoms with Crippen LogP contribution < -0.4 is 15.4 Å². The summed E-state index contributed by atoms with van der Waals surface area (Å²) in [6.07, 6.45) is 1.73. The molecule has 0 aliphatic rings. The molecule has 0 aromatic carbocycles. The lowest BCUT2D eigenvalue weighted by Crippen LogP contribution is -2.40. The third-order valence-electron chi connectivity index (χ3n) is 2.12. The van der Waals surface area contributed by atoms with Gasteiger partial charge in [0.05, 0.1) is 7.11 Å². The minimum atomic E-state index is 0.355. The molecule has 0 atom stereocenters. The first kappa shape index (κ1) is 13.3. The molecule has 0 unspecified atom stereocenters. The Kier molecular flexibility index (Phi) is 5.26. The second-order valence-corrected chi connectivity index (χ2v) is 3.93. The molecule has 17 heavy (non-hydrogen) atoms. The van der Waals surface area contributed by atoms with Gasteiger partial charge in [-0.25, -0.2) is 4.98 Å². The molecule has 1 aromatic rings. The van der Waals surface area contributed by atoms with E-state index in [0.717, 1.165) is 11.5 Å². The van der Waals surface area contributed by atoms with Gasteiger partial charge in [0.15, 0.2) is 5.96 Å². The summed E-state index contributed by atoms with van der Waals surface area (Å²) in [5.74, 6) is 1.41. The number of ether oxygens (including phenoxy) is 1. The first-order chi connectivity index (χ1) is 8.15. The number of hydrogen-bond donors (Lipinski definition) is 2. The fourth-order valence-corrected chi connectivity index (χ4v) is 1.33. The highest BCUT2D eigenvalue weighted by Crippen LogP contribution is 2.07. The van der Waals surface area contributed by atoms with Crippen LogP contribution in [-0.2, 0) is 6.54 Å². The number of aliphatic imine (C=N–C) groups is 1. The summed E-state index contributed by atoms with van der Waals surface area (Å²) in [4.78, 5) is 8.19. The lowest BCUT2D eigenvalue weighted by Gasteiger charge is -2.14. The minimum absolute atomic E-state index is 0.355. The molecule has 0 bridgehead atoms. The van der Waals surface area contributed by atoms with E-state index in [1.807, 2.05) is 12.1 Å². The van der Waals surface area contributed by atoms with Crippen LogP contribution in [0.2, 0.25) is 0 Å². The van der Waals surface area contributed by atoms with Gasteiger partial charge in [-0.3, -0.25) is 4.99 Å². The zero-order valence-electron chi connectivity index (χ0n) is 10.8. The molecule has 0 radical (unpaired) electrons. The zero-order valence-corrected chi connectivity index (χ0v) is 10.8. The topological polar surface area (TPSA) is 58.5 Å². The average molecular weight is 236 g/mol. The Bertz CT molecular complexity index is 377. The highest BCUT2D eigenvalue weighted by atomic mass is 16.5. The summed E-state index contributed by atoms with van der Waals surface area (Å²) in [5.41, 5.74) is 1.10. The SMILES string of the molecule is CN=C(NCc1ccnc(OC)c1)NC(C)C. The Morgan fingerprint density at radius 3 is 2.88 bits per heavy atom. The van der Waals surface area contributed by atoms with Crippen molar-refractivity contribution in [1.29, 1.82) is 0 Å². The van der Waals surface area contributed by atoms with Crippen LogP contribution in [-0.4, -0.2) is 31.1 Å². The van der Waals surface area contributed by atoms with Crippen molar-refractivity contribution in [2.24, 2.45) is 4.99 Å². The van der Waals surface area contributed by atoms with Crippen molar-refractivity contribution in [3.63, 3.8) is 0 Å². The Hall–Kier alpha value is -1.78. The Labute approximate surface area is 102 Å². The molecule has 0 spiro atoms. The van der Waals surface area contributed by atoms with Crippen LogP contribution in [0.15, 0.2) is 23.3 Å². The third kappa shape index (κ3) is 4.72. The van der Waals surface area contributed by atoms with Gasteiger partial charge in [0.1, 0.15) is 0 Å². The normalized spacial score (nSPS) is 11.5. The molecule has 0 aliphatic carbocycles. The third-order valence-corrected chi connectivity index (χ3v) is 2.12. The van der Waals surface area contributed by atoms with Crippen LogP contribution in [0.3, 0.4) is 0 Å². The van der Waals surface area contributed by atoms with Crippen LogP contribution in [0.5, 0.6) is 5.88 Å². The minimum Gasteiger partial charge on any atom is -0.481 e. The van der Waals surface area contributed by atoms with Crippen LogP contribution in [0.25, 0.3) is 0 Å². The summed E-state index contributed by atoms with van der Waals surface area (Å²) in [5, 5.41) is 6.44. The van der Waals surface area contributed by atoms with Crippen molar-refractivity contribution >= 4 is 5.96 Å². The molecular formula is C12H20N4O. The van der Waals surface area contributed by atoms with Crippen LogP contribution in [0.4, 0.5) is 0 Å². The molecule has 0 saturated carbocycles. The highest BCUT2D eigenvalue weighted by Gasteiger charge is 2.01. The van der Waals surface area contributed by atoms with E-state index in [1.165, 1.54) is 0 Å². The van der Waals surface area contributed by atoms with Crippen LogP contribution in [0, 0.1) is 0 Å². The van der Waals surface area contributed by atoms with Gasteiger partial charge in [0.25, 0.3) is 0 Å². The summed E-state index contributed by atoms with van der Waals surface area (Å²) in [6, 6.07) is 4.20. The van der Waals surface area contributed by atoms with Gasteiger partial charge >= 0.3 is 0 Å². The number of nitrogens with zero attached hydrogens (tertiary/aromatic N) is 2. The van der Waals surface area contributed by atoms with E-state index in [4.69, 9.17) is 4.74 Å². The molecule has 1 aromatic heterocycles. The number of aromatic nitrogens is 1. The van der Waals surface area contributed by atoms with Crippen molar-refractivity contribution in [2.45, 2.75) is 26.4 Å². The molecule has 1 rings (SSSR count). The smallest absolute Gasteiger partial charge is 0.213 e. The number of nitrogens with one attached hydrogen (secondary N) is 2. The molecule has 5 nitrogen and oxygen atoms in total. The second kappa shape index (κ2) is 6.73. The fraction of sp³-hybridized carbons (Fsp3) is 0.500. The summed E-state index contributed by atoms with van der Waals surface area (Å²) in [7, 11) is 3.36. The molecule has 5 heteroatoms. The number of rotatable bonds is 4. The Morgan fingerprint density at radius 1 is 1.53 bits per heavy atom. The van der Waals surface area contributed by atoms with Gasteiger partial charge in [0, 0.05) is 31.9 Å². The number of pyridine rings is 1. The van der Waals surface area contributed by atoms with Crippen molar-refractivity contribution in [2.75, 3.05) is 14.2 Å². The van der Waals surface area contributed by atoms with Gasteiger partial charge in [-0.2, -0.15) is 0 Å². The van der Waals surface area contributed by atoms with E-state index >= 15 is 0 Å². The van der Waals surface area contributed by atoms with Crippen LogP contribution >= 0.6 is 0 Å². The molecule has 0 aliphatic heterocycles. The van der Waals surface area contributed by atoms with E-state index in [9.17, 15) is 0 Å². The molecule has 0 amide bonds. The van der Waals surface area contributed by atoms with Gasteiger partial charge in [-0.05, 0) is 25.5 Å². The summed E-state index contributed by atoms with van der Waals surface area (Å²) in [6.45, 7) is 4.83. The van der Waals surface area contributed by atoms with Gasteiger partial charge in [-0.1, -0.05) is 0 Å². The maximum Gasteiger partial charge on any atom is 0.213 e. The molecule has 2 N–H and O–H groups in total. The Balaban J connectivity index is 2.54. The highest BCUT2D eigenvalue weighted by molar-refractivity contribution is 5.79. The van der Waals surface area contributed by atoms with E-state index in [2.05, 4.69) is 34.5 Å². The van der Waals surface area contributed by atoms with Crippen LogP contribution in [0.1, 0.15) is 19.4 Å². The predicted molar refractivity (Wildman–Crippen MR) is 69.3 cm³/mol. The molecular weight excluding hydrogens is 216 g/mol. The van der Waals surface area contributed by atoms with Gasteiger partial charge in [0.2, 0.25) is 5.88 Å². The van der Waals surface area contributed by atoms with E-state index in [0.29, 0.717) is 18.5 Å². The Morgan fingerprint density at radius 2 is 2.29 bits per heavy atom.